The zero-order valence-corrected chi connectivity index (χ0v) is 18.9. The van der Waals surface area contributed by atoms with Crippen LogP contribution < -0.4 is 0 Å². The SMILES string of the molecule is C#CCC(I)(OC(I)(CC#C)c1ccccc1Cl)c1ccccc1Cl. The summed E-state index contributed by atoms with van der Waals surface area (Å²) in [6, 6.07) is 15.0. The summed E-state index contributed by atoms with van der Waals surface area (Å²) in [5, 5.41) is 1.18. The molecule has 5 heteroatoms. The fourth-order valence-electron chi connectivity index (χ4n) is 2.42. The Hall–Kier alpha value is -0.440. The maximum Gasteiger partial charge on any atom is 0.158 e. The third-order valence-corrected chi connectivity index (χ3v) is 6.56. The second-order valence-electron chi connectivity index (χ2n) is 5.28. The fraction of sp³-hybridized carbons (Fsp3) is 0.200. The molecule has 0 saturated heterocycles. The fourth-order valence-corrected chi connectivity index (χ4v) is 5.87. The van der Waals surface area contributed by atoms with Gasteiger partial charge in [0.1, 0.15) is 0 Å². The molecule has 0 aromatic heterocycles. The van der Waals surface area contributed by atoms with Crippen molar-refractivity contribution in [3.63, 3.8) is 0 Å². The van der Waals surface area contributed by atoms with Gasteiger partial charge >= 0.3 is 0 Å². The minimum Gasteiger partial charge on any atom is -0.337 e. The van der Waals surface area contributed by atoms with Crippen molar-refractivity contribution >= 4 is 68.4 Å². The Morgan fingerprint density at radius 2 is 1.16 bits per heavy atom. The standard InChI is InChI=1S/C20H14Cl2I2O/c1-3-13-19(23,15-9-5-7-11-17(15)21)25-20(24,14-4-2)16-10-6-8-12-18(16)22/h1-2,5-12H,13-14H2. The summed E-state index contributed by atoms with van der Waals surface area (Å²) in [7, 11) is 0. The quantitative estimate of drug-likeness (QED) is 0.200. The molecule has 2 atom stereocenters. The van der Waals surface area contributed by atoms with Crippen LogP contribution in [0.2, 0.25) is 10.0 Å². The van der Waals surface area contributed by atoms with Gasteiger partial charge in [0.25, 0.3) is 0 Å². The second kappa shape index (κ2) is 8.97. The highest BCUT2D eigenvalue weighted by Crippen LogP contribution is 2.50. The molecular weight excluding hydrogens is 581 g/mol. The molecule has 2 aromatic rings. The third-order valence-electron chi connectivity index (χ3n) is 3.53. The first kappa shape index (κ1) is 20.9. The lowest BCUT2D eigenvalue weighted by molar-refractivity contribution is -0.0356. The molecule has 0 N–H and O–H groups in total. The summed E-state index contributed by atoms with van der Waals surface area (Å²) < 4.78 is 4.87. The van der Waals surface area contributed by atoms with Gasteiger partial charge in [0.05, 0.1) is 12.8 Å². The summed E-state index contributed by atoms with van der Waals surface area (Å²) in [5.41, 5.74) is 1.61. The predicted octanol–water partition coefficient (Wildman–Crippen LogP) is 6.93. The monoisotopic (exact) mass is 594 g/mol. The molecule has 25 heavy (non-hydrogen) atoms. The molecule has 1 nitrogen and oxygen atoms in total. The van der Waals surface area contributed by atoms with Crippen molar-refractivity contribution < 1.29 is 4.74 Å². The van der Waals surface area contributed by atoms with Gasteiger partial charge in [0.2, 0.25) is 0 Å². The van der Waals surface area contributed by atoms with Crippen LogP contribution in [0.3, 0.4) is 0 Å². The Kier molecular flexibility index (Phi) is 7.49. The molecule has 0 fully saturated rings. The maximum atomic E-state index is 6.56. The molecule has 0 aliphatic carbocycles. The third kappa shape index (κ3) is 4.84. The van der Waals surface area contributed by atoms with Crippen LogP contribution in [-0.2, 0) is 12.0 Å². The van der Waals surface area contributed by atoms with Crippen molar-refractivity contribution in [3.05, 3.63) is 69.7 Å². The van der Waals surface area contributed by atoms with E-state index in [2.05, 4.69) is 57.0 Å². The van der Waals surface area contributed by atoms with E-state index in [0.29, 0.717) is 22.9 Å². The highest BCUT2D eigenvalue weighted by molar-refractivity contribution is 14.1. The van der Waals surface area contributed by atoms with Gasteiger partial charge in [-0.2, -0.15) is 0 Å². The average molecular weight is 595 g/mol. The Morgan fingerprint density at radius 3 is 1.48 bits per heavy atom. The molecular formula is C20H14Cl2I2O. The van der Waals surface area contributed by atoms with Crippen LogP contribution in [-0.4, -0.2) is 0 Å². The molecule has 0 aliphatic heterocycles. The summed E-state index contributed by atoms with van der Waals surface area (Å²) in [6.45, 7) is 0. The van der Waals surface area contributed by atoms with Gasteiger partial charge in [-0.1, -0.05) is 59.6 Å². The van der Waals surface area contributed by atoms with Crippen molar-refractivity contribution in [3.8, 4) is 24.7 Å². The zero-order chi connectivity index (χ0) is 18.5. The van der Waals surface area contributed by atoms with Crippen LogP contribution in [0.5, 0.6) is 0 Å². The first-order valence-corrected chi connectivity index (χ1v) is 10.2. The number of rotatable bonds is 6. The topological polar surface area (TPSA) is 9.23 Å². The van der Waals surface area contributed by atoms with Gasteiger partial charge in [0.15, 0.2) is 7.22 Å². The number of benzene rings is 2. The summed E-state index contributed by atoms with van der Waals surface area (Å²) >= 11 is 17.2. The summed E-state index contributed by atoms with van der Waals surface area (Å²) in [5.74, 6) is 5.37. The van der Waals surface area contributed by atoms with Crippen LogP contribution in [0.4, 0.5) is 0 Å². The molecule has 0 saturated carbocycles. The first-order valence-electron chi connectivity index (χ1n) is 7.31. The highest BCUT2D eigenvalue weighted by Gasteiger charge is 2.42. The average Bonchev–Trinajstić information content (AvgIpc) is 2.55. The lowest BCUT2D eigenvalue weighted by Gasteiger charge is -2.37. The molecule has 0 heterocycles. The van der Waals surface area contributed by atoms with E-state index in [1.807, 2.05) is 48.5 Å². The van der Waals surface area contributed by atoms with Crippen molar-refractivity contribution in [2.45, 2.75) is 20.1 Å². The Bertz CT molecular complexity index is 771. The number of terminal acetylenes is 2. The van der Waals surface area contributed by atoms with Crippen molar-refractivity contribution in [2.75, 3.05) is 0 Å². The molecule has 128 valence electrons. The van der Waals surface area contributed by atoms with E-state index in [1.165, 1.54) is 0 Å². The Labute approximate surface area is 186 Å². The van der Waals surface area contributed by atoms with Gasteiger partial charge in [-0.05, 0) is 57.3 Å². The van der Waals surface area contributed by atoms with Crippen molar-refractivity contribution in [1.82, 2.24) is 0 Å². The molecule has 0 amide bonds. The van der Waals surface area contributed by atoms with Crippen molar-refractivity contribution in [2.24, 2.45) is 0 Å². The number of ether oxygens (including phenoxy) is 1. The molecule has 2 aromatic carbocycles. The smallest absolute Gasteiger partial charge is 0.158 e. The molecule has 0 radical (unpaired) electrons. The van der Waals surface area contributed by atoms with Crippen molar-refractivity contribution in [1.29, 1.82) is 0 Å². The number of hydrogen-bond donors (Lipinski definition) is 0. The van der Waals surface area contributed by atoms with E-state index in [-0.39, 0.29) is 0 Å². The number of alkyl halides is 2. The molecule has 2 rings (SSSR count). The number of hydrogen-bond acceptors (Lipinski definition) is 1. The normalized spacial score (nSPS) is 15.4. The minimum absolute atomic E-state index is 0.330. The van der Waals surface area contributed by atoms with Gasteiger partial charge in [-0.3, -0.25) is 0 Å². The highest BCUT2D eigenvalue weighted by atomic mass is 127. The van der Waals surface area contributed by atoms with Crippen LogP contribution in [0, 0.1) is 24.7 Å². The van der Waals surface area contributed by atoms with E-state index >= 15 is 0 Å². The van der Waals surface area contributed by atoms with Crippen LogP contribution >= 0.6 is 68.4 Å². The van der Waals surface area contributed by atoms with Crippen LogP contribution in [0.25, 0.3) is 0 Å². The van der Waals surface area contributed by atoms with E-state index in [4.69, 9.17) is 40.8 Å². The van der Waals surface area contributed by atoms with Gasteiger partial charge in [0, 0.05) is 21.2 Å². The number of halogens is 4. The molecule has 2 unspecified atom stereocenters. The van der Waals surface area contributed by atoms with E-state index < -0.39 is 7.22 Å². The Balaban J connectivity index is 2.56. The van der Waals surface area contributed by atoms with Gasteiger partial charge in [-0.15, -0.1) is 24.7 Å². The molecule has 0 aliphatic rings. The first-order chi connectivity index (χ1) is 11.9. The summed E-state index contributed by atoms with van der Waals surface area (Å²) in [4.78, 5) is 0. The second-order valence-corrected chi connectivity index (χ2v) is 9.58. The van der Waals surface area contributed by atoms with E-state index in [9.17, 15) is 0 Å². The van der Waals surface area contributed by atoms with E-state index in [0.717, 1.165) is 11.1 Å². The lowest BCUT2D eigenvalue weighted by atomic mass is 10.0. The Morgan fingerprint density at radius 1 is 0.800 bits per heavy atom. The molecule has 0 spiro atoms. The van der Waals surface area contributed by atoms with Crippen LogP contribution in [0.1, 0.15) is 24.0 Å². The van der Waals surface area contributed by atoms with Crippen LogP contribution in [0.15, 0.2) is 48.5 Å². The molecule has 0 bridgehead atoms. The van der Waals surface area contributed by atoms with Gasteiger partial charge < -0.3 is 4.74 Å². The van der Waals surface area contributed by atoms with Gasteiger partial charge in [-0.25, -0.2) is 0 Å². The zero-order valence-electron chi connectivity index (χ0n) is 13.1. The largest absolute Gasteiger partial charge is 0.337 e. The lowest BCUT2D eigenvalue weighted by Crippen LogP contribution is -2.33. The summed E-state index contributed by atoms with van der Waals surface area (Å²) in [6.07, 6.45) is 11.9. The maximum absolute atomic E-state index is 6.56. The van der Waals surface area contributed by atoms with E-state index in [1.54, 1.807) is 0 Å². The predicted molar refractivity (Wildman–Crippen MR) is 122 cm³/mol. The minimum atomic E-state index is -0.845.